The van der Waals surface area contributed by atoms with Gasteiger partial charge in [-0.2, -0.15) is 0 Å². The number of amides is 1. The zero-order valence-corrected chi connectivity index (χ0v) is 12.0. The smallest absolute Gasteiger partial charge is 0.323 e. The molecule has 2 rings (SSSR count). The van der Waals surface area contributed by atoms with Crippen LogP contribution in [0.4, 0.5) is 0 Å². The van der Waals surface area contributed by atoms with Gasteiger partial charge in [0.1, 0.15) is 12.3 Å². The van der Waals surface area contributed by atoms with Gasteiger partial charge in [0.25, 0.3) is 0 Å². The molecule has 1 aliphatic rings. The SMILES string of the molecule is O=C(O)CN(C(=O)/C=C/c1ccco1)C1CCS(=O)(=O)C1. The Hall–Kier alpha value is -2.09. The van der Waals surface area contributed by atoms with Crippen LogP contribution in [0, 0.1) is 0 Å². The van der Waals surface area contributed by atoms with Crippen LogP contribution >= 0.6 is 0 Å². The summed E-state index contributed by atoms with van der Waals surface area (Å²) in [5.41, 5.74) is 0. The first-order valence-corrected chi connectivity index (χ1v) is 8.14. The van der Waals surface area contributed by atoms with E-state index in [1.165, 1.54) is 18.4 Å². The van der Waals surface area contributed by atoms with Crippen LogP contribution in [0.3, 0.4) is 0 Å². The van der Waals surface area contributed by atoms with Crippen LogP contribution in [0.15, 0.2) is 28.9 Å². The molecule has 1 atom stereocenters. The average molecular weight is 313 g/mol. The highest BCUT2D eigenvalue weighted by Crippen LogP contribution is 2.18. The molecule has 1 amide bonds. The molecule has 1 aliphatic heterocycles. The van der Waals surface area contributed by atoms with Gasteiger partial charge in [-0.3, -0.25) is 9.59 Å². The second-order valence-corrected chi connectivity index (χ2v) is 6.99. The minimum absolute atomic E-state index is 0.0248. The van der Waals surface area contributed by atoms with Crippen molar-refractivity contribution in [2.75, 3.05) is 18.1 Å². The molecule has 0 radical (unpaired) electrons. The number of hydrogen-bond donors (Lipinski definition) is 1. The Morgan fingerprint density at radius 1 is 1.48 bits per heavy atom. The Balaban J connectivity index is 2.12. The second kappa shape index (κ2) is 6.13. The van der Waals surface area contributed by atoms with Gasteiger partial charge in [0.2, 0.25) is 5.91 Å². The van der Waals surface area contributed by atoms with Crippen LogP contribution in [0.2, 0.25) is 0 Å². The number of hydrogen-bond acceptors (Lipinski definition) is 5. The summed E-state index contributed by atoms with van der Waals surface area (Å²) in [7, 11) is -3.20. The lowest BCUT2D eigenvalue weighted by atomic mass is 10.2. The maximum atomic E-state index is 12.1. The summed E-state index contributed by atoms with van der Waals surface area (Å²) in [4.78, 5) is 24.1. The quantitative estimate of drug-likeness (QED) is 0.789. The van der Waals surface area contributed by atoms with Gasteiger partial charge in [0.05, 0.1) is 17.8 Å². The first-order valence-electron chi connectivity index (χ1n) is 6.32. The molecule has 0 spiro atoms. The van der Waals surface area contributed by atoms with Gasteiger partial charge in [-0.15, -0.1) is 0 Å². The van der Waals surface area contributed by atoms with Crippen LogP contribution in [-0.4, -0.2) is 54.4 Å². The summed E-state index contributed by atoms with van der Waals surface area (Å²) in [5.74, 6) is -1.49. The fourth-order valence-corrected chi connectivity index (χ4v) is 3.92. The Labute approximate surface area is 121 Å². The number of carbonyl (C=O) groups excluding carboxylic acids is 1. The molecule has 7 nitrogen and oxygen atoms in total. The van der Waals surface area contributed by atoms with Crippen LogP contribution in [0.25, 0.3) is 6.08 Å². The molecule has 2 heterocycles. The minimum Gasteiger partial charge on any atom is -0.480 e. The Kier molecular flexibility index (Phi) is 4.46. The normalized spacial score (nSPS) is 20.7. The summed E-state index contributed by atoms with van der Waals surface area (Å²) >= 11 is 0. The highest BCUT2D eigenvalue weighted by atomic mass is 32.2. The van der Waals surface area contributed by atoms with Crippen molar-refractivity contribution in [2.45, 2.75) is 12.5 Å². The van der Waals surface area contributed by atoms with E-state index in [0.29, 0.717) is 5.76 Å². The number of rotatable bonds is 5. The summed E-state index contributed by atoms with van der Waals surface area (Å²) < 4.78 is 28.0. The fourth-order valence-electron chi connectivity index (χ4n) is 2.19. The maximum absolute atomic E-state index is 12.1. The Morgan fingerprint density at radius 3 is 2.76 bits per heavy atom. The summed E-state index contributed by atoms with van der Waals surface area (Å²) in [6, 6.07) is 2.70. The van der Waals surface area contributed by atoms with E-state index in [4.69, 9.17) is 9.52 Å². The molecule has 1 fully saturated rings. The molecule has 1 N–H and O–H groups in total. The number of aliphatic carboxylic acids is 1. The molecule has 0 aliphatic carbocycles. The summed E-state index contributed by atoms with van der Waals surface area (Å²) in [5, 5.41) is 8.89. The molecule has 21 heavy (non-hydrogen) atoms. The van der Waals surface area contributed by atoms with Gasteiger partial charge in [-0.1, -0.05) is 0 Å². The van der Waals surface area contributed by atoms with E-state index in [-0.39, 0.29) is 17.9 Å². The number of carboxylic acids is 1. The van der Waals surface area contributed by atoms with Crippen molar-refractivity contribution in [1.82, 2.24) is 4.90 Å². The van der Waals surface area contributed by atoms with Crippen molar-refractivity contribution in [3.8, 4) is 0 Å². The molecular formula is C13H15NO6S. The molecular weight excluding hydrogens is 298 g/mol. The van der Waals surface area contributed by atoms with E-state index < -0.39 is 34.3 Å². The minimum atomic E-state index is -3.20. The van der Waals surface area contributed by atoms with Crippen LogP contribution in [0.5, 0.6) is 0 Å². The molecule has 1 saturated heterocycles. The molecule has 0 saturated carbocycles. The highest BCUT2D eigenvalue weighted by Gasteiger charge is 2.34. The lowest BCUT2D eigenvalue weighted by Gasteiger charge is -2.25. The standard InChI is InChI=1S/C13H15NO6S/c15-12(4-3-11-2-1-6-20-11)14(8-13(16)17)10-5-7-21(18,19)9-10/h1-4,6,10H,5,7-9H2,(H,16,17)/b4-3+. The van der Waals surface area contributed by atoms with Crippen molar-refractivity contribution >= 4 is 27.8 Å². The third-order valence-corrected chi connectivity index (χ3v) is 4.92. The largest absolute Gasteiger partial charge is 0.480 e. The van der Waals surface area contributed by atoms with E-state index in [0.717, 1.165) is 4.90 Å². The first-order chi connectivity index (χ1) is 9.87. The van der Waals surface area contributed by atoms with Crippen molar-refractivity contribution in [1.29, 1.82) is 0 Å². The molecule has 1 aromatic rings. The van der Waals surface area contributed by atoms with E-state index in [1.807, 2.05) is 0 Å². The molecule has 1 unspecified atom stereocenters. The zero-order chi connectivity index (χ0) is 15.5. The van der Waals surface area contributed by atoms with Gasteiger partial charge in [-0.05, 0) is 24.6 Å². The second-order valence-electron chi connectivity index (χ2n) is 4.77. The van der Waals surface area contributed by atoms with Gasteiger partial charge in [-0.25, -0.2) is 8.42 Å². The third-order valence-electron chi connectivity index (χ3n) is 3.17. The molecule has 1 aromatic heterocycles. The number of carboxylic acid groups (broad SMARTS) is 1. The Bertz CT molecular complexity index is 646. The van der Waals surface area contributed by atoms with Gasteiger partial charge < -0.3 is 14.4 Å². The van der Waals surface area contributed by atoms with E-state index in [1.54, 1.807) is 12.1 Å². The number of furan rings is 1. The molecule has 114 valence electrons. The van der Waals surface area contributed by atoms with Crippen molar-refractivity contribution in [2.24, 2.45) is 0 Å². The lowest BCUT2D eigenvalue weighted by Crippen LogP contribution is -2.43. The van der Waals surface area contributed by atoms with Crippen LogP contribution in [-0.2, 0) is 19.4 Å². The highest BCUT2D eigenvalue weighted by molar-refractivity contribution is 7.91. The van der Waals surface area contributed by atoms with Gasteiger partial charge >= 0.3 is 5.97 Å². The average Bonchev–Trinajstić information content (AvgIpc) is 3.02. The first kappa shape index (κ1) is 15.3. The molecule has 8 heteroatoms. The van der Waals surface area contributed by atoms with E-state index in [9.17, 15) is 18.0 Å². The predicted octanol–water partition coefficient (Wildman–Crippen LogP) is 0.393. The topological polar surface area (TPSA) is 105 Å². The maximum Gasteiger partial charge on any atom is 0.323 e. The van der Waals surface area contributed by atoms with E-state index in [2.05, 4.69) is 0 Å². The number of sulfone groups is 1. The monoisotopic (exact) mass is 313 g/mol. The summed E-state index contributed by atoms with van der Waals surface area (Å²) in [6.07, 6.45) is 4.31. The molecule has 0 bridgehead atoms. The van der Waals surface area contributed by atoms with Crippen molar-refractivity contribution in [3.05, 3.63) is 30.2 Å². The third kappa shape index (κ3) is 4.19. The fraction of sp³-hybridized carbons (Fsp3) is 0.385. The number of carbonyl (C=O) groups is 2. The number of nitrogens with zero attached hydrogens (tertiary/aromatic N) is 1. The Morgan fingerprint density at radius 2 is 2.24 bits per heavy atom. The summed E-state index contributed by atoms with van der Waals surface area (Å²) in [6.45, 7) is -0.526. The van der Waals surface area contributed by atoms with Crippen molar-refractivity contribution < 1.29 is 27.5 Å². The van der Waals surface area contributed by atoms with Crippen LogP contribution < -0.4 is 0 Å². The predicted molar refractivity (Wildman–Crippen MR) is 74.1 cm³/mol. The lowest BCUT2D eigenvalue weighted by molar-refractivity contribution is -0.143. The van der Waals surface area contributed by atoms with Crippen molar-refractivity contribution in [3.63, 3.8) is 0 Å². The van der Waals surface area contributed by atoms with Crippen LogP contribution in [0.1, 0.15) is 12.2 Å². The van der Waals surface area contributed by atoms with E-state index >= 15 is 0 Å². The van der Waals surface area contributed by atoms with Gasteiger partial charge in [0, 0.05) is 12.1 Å². The zero-order valence-electron chi connectivity index (χ0n) is 11.1. The molecule has 0 aromatic carbocycles. The van der Waals surface area contributed by atoms with Gasteiger partial charge in [0.15, 0.2) is 9.84 Å².